The Morgan fingerprint density at radius 1 is 1.00 bits per heavy atom. The highest BCUT2D eigenvalue weighted by atomic mass is 16.4. The van der Waals surface area contributed by atoms with Crippen LogP contribution in [0.25, 0.3) is 22.6 Å². The van der Waals surface area contributed by atoms with Crippen molar-refractivity contribution in [3.05, 3.63) is 112 Å². The van der Waals surface area contributed by atoms with E-state index in [0.717, 1.165) is 39.1 Å². The number of amides is 1. The van der Waals surface area contributed by atoms with Gasteiger partial charge in [0.15, 0.2) is 0 Å². The second kappa shape index (κ2) is 11.1. The van der Waals surface area contributed by atoms with E-state index in [-0.39, 0.29) is 23.4 Å². The van der Waals surface area contributed by atoms with Crippen LogP contribution in [0.4, 0.5) is 0 Å². The van der Waals surface area contributed by atoms with E-state index in [1.807, 2.05) is 43.3 Å². The van der Waals surface area contributed by atoms with E-state index < -0.39 is 5.97 Å². The molecule has 6 rings (SSSR count). The number of hydrogen-bond donors (Lipinski definition) is 3. The molecule has 0 fully saturated rings. The van der Waals surface area contributed by atoms with Gasteiger partial charge in [0, 0.05) is 28.8 Å². The van der Waals surface area contributed by atoms with Gasteiger partial charge in [0.05, 0.1) is 17.3 Å². The number of benzene rings is 3. The van der Waals surface area contributed by atoms with Gasteiger partial charge in [0.1, 0.15) is 0 Å². The van der Waals surface area contributed by atoms with Crippen LogP contribution in [0.2, 0.25) is 0 Å². The summed E-state index contributed by atoms with van der Waals surface area (Å²) >= 11 is 0. The van der Waals surface area contributed by atoms with Gasteiger partial charge in [-0.1, -0.05) is 55.8 Å². The van der Waals surface area contributed by atoms with Gasteiger partial charge in [-0.3, -0.25) is 9.89 Å². The number of hydrogen-bond acceptors (Lipinski definition) is 6. The summed E-state index contributed by atoms with van der Waals surface area (Å²) in [5.41, 5.74) is 8.26. The molecule has 1 amide bonds. The minimum atomic E-state index is -0.993. The third-order valence-corrected chi connectivity index (χ3v) is 7.77. The zero-order chi connectivity index (χ0) is 29.4. The van der Waals surface area contributed by atoms with Crippen LogP contribution in [0.1, 0.15) is 80.5 Å². The lowest BCUT2D eigenvalue weighted by atomic mass is 9.84. The fraction of sp³-hybridized carbons (Fsp3) is 0.242. The summed E-state index contributed by atoms with van der Waals surface area (Å²) in [6.45, 7) is 6.27. The second-order valence-corrected chi connectivity index (χ2v) is 11.0. The molecule has 1 unspecified atom stereocenters. The highest BCUT2D eigenvalue weighted by Crippen LogP contribution is 2.37. The van der Waals surface area contributed by atoms with Gasteiger partial charge in [-0.05, 0) is 72.7 Å². The molecular weight excluding hydrogens is 530 g/mol. The average Bonchev–Trinajstić information content (AvgIpc) is 3.63. The van der Waals surface area contributed by atoms with Crippen LogP contribution in [-0.2, 0) is 19.3 Å². The fourth-order valence-corrected chi connectivity index (χ4v) is 5.57. The maximum Gasteiger partial charge on any atom is 0.335 e. The van der Waals surface area contributed by atoms with E-state index >= 15 is 0 Å². The smallest absolute Gasteiger partial charge is 0.335 e. The van der Waals surface area contributed by atoms with Crippen molar-refractivity contribution in [2.75, 3.05) is 0 Å². The minimum absolute atomic E-state index is 0.130. The van der Waals surface area contributed by atoms with Gasteiger partial charge in [0.2, 0.25) is 11.8 Å². The van der Waals surface area contributed by atoms with Crippen molar-refractivity contribution >= 4 is 11.9 Å². The fourth-order valence-electron chi connectivity index (χ4n) is 5.57. The second-order valence-electron chi connectivity index (χ2n) is 11.0. The molecule has 0 saturated heterocycles. The van der Waals surface area contributed by atoms with Crippen molar-refractivity contribution in [3.63, 3.8) is 0 Å². The lowest BCUT2D eigenvalue weighted by Crippen LogP contribution is -2.36. The molecule has 1 atom stereocenters. The summed E-state index contributed by atoms with van der Waals surface area (Å²) in [6.07, 6.45) is 1.59. The SMILES string of the molecule is Cc1ccc(-c2nnc(CCc3[nH]nc(C4Cc5c(cccc5C(C)C)C(=O)N4)c3-c3ccc(C(=O)O)cc3)o2)cc1. The van der Waals surface area contributed by atoms with Crippen LogP contribution >= 0.6 is 0 Å². The Kier molecular flexibility index (Phi) is 7.16. The van der Waals surface area contributed by atoms with E-state index in [2.05, 4.69) is 40.5 Å². The summed E-state index contributed by atoms with van der Waals surface area (Å²) in [7, 11) is 0. The van der Waals surface area contributed by atoms with Crippen LogP contribution < -0.4 is 5.32 Å². The summed E-state index contributed by atoms with van der Waals surface area (Å²) < 4.78 is 5.95. The third kappa shape index (κ3) is 5.21. The molecule has 42 heavy (non-hydrogen) atoms. The first-order valence-electron chi connectivity index (χ1n) is 14.0. The molecule has 1 aliphatic rings. The highest BCUT2D eigenvalue weighted by Gasteiger charge is 2.32. The van der Waals surface area contributed by atoms with Gasteiger partial charge in [-0.15, -0.1) is 10.2 Å². The van der Waals surface area contributed by atoms with E-state index in [1.54, 1.807) is 24.3 Å². The number of aromatic amines is 1. The Balaban J connectivity index is 1.34. The van der Waals surface area contributed by atoms with Crippen LogP contribution in [0, 0.1) is 6.92 Å². The predicted molar refractivity (Wildman–Crippen MR) is 157 cm³/mol. The molecule has 3 aromatic carbocycles. The monoisotopic (exact) mass is 561 g/mol. The number of aryl methyl sites for hydroxylation is 3. The van der Waals surface area contributed by atoms with Gasteiger partial charge >= 0.3 is 5.97 Å². The predicted octanol–water partition coefficient (Wildman–Crippen LogP) is 6.07. The molecule has 0 radical (unpaired) electrons. The summed E-state index contributed by atoms with van der Waals surface area (Å²) in [5.74, 6) is 0.102. The molecule has 3 heterocycles. The van der Waals surface area contributed by atoms with Gasteiger partial charge in [0.25, 0.3) is 5.91 Å². The number of nitrogens with zero attached hydrogens (tertiary/aromatic N) is 3. The first-order valence-corrected chi connectivity index (χ1v) is 14.0. The van der Waals surface area contributed by atoms with Crippen molar-refractivity contribution in [3.8, 4) is 22.6 Å². The maximum atomic E-state index is 13.2. The average molecular weight is 562 g/mol. The van der Waals surface area contributed by atoms with Crippen LogP contribution in [0.5, 0.6) is 0 Å². The van der Waals surface area contributed by atoms with Crippen molar-refractivity contribution in [2.24, 2.45) is 0 Å². The number of aromatic carboxylic acids is 1. The molecule has 212 valence electrons. The minimum Gasteiger partial charge on any atom is -0.478 e. The number of carbonyl (C=O) groups is 2. The normalized spacial score (nSPS) is 14.6. The van der Waals surface area contributed by atoms with Gasteiger partial charge < -0.3 is 14.8 Å². The number of aromatic nitrogens is 4. The van der Waals surface area contributed by atoms with Crippen molar-refractivity contribution < 1.29 is 19.1 Å². The highest BCUT2D eigenvalue weighted by molar-refractivity contribution is 5.97. The van der Waals surface area contributed by atoms with E-state index in [0.29, 0.717) is 42.3 Å². The quantitative estimate of drug-likeness (QED) is 0.209. The van der Waals surface area contributed by atoms with Crippen LogP contribution in [0.3, 0.4) is 0 Å². The van der Waals surface area contributed by atoms with E-state index in [1.165, 1.54) is 0 Å². The Morgan fingerprint density at radius 2 is 1.74 bits per heavy atom. The molecule has 2 aromatic heterocycles. The number of fused-ring (bicyclic) bond motifs is 1. The largest absolute Gasteiger partial charge is 0.478 e. The number of carboxylic acid groups (broad SMARTS) is 1. The molecule has 0 saturated carbocycles. The van der Waals surface area contributed by atoms with Crippen molar-refractivity contribution in [1.29, 1.82) is 0 Å². The lowest BCUT2D eigenvalue weighted by molar-refractivity contribution is 0.0696. The van der Waals surface area contributed by atoms with E-state index in [9.17, 15) is 14.7 Å². The summed E-state index contributed by atoms with van der Waals surface area (Å²) in [6, 6.07) is 20.1. The van der Waals surface area contributed by atoms with Crippen molar-refractivity contribution in [2.45, 2.75) is 52.0 Å². The number of rotatable bonds is 8. The molecule has 0 aliphatic carbocycles. The van der Waals surface area contributed by atoms with Crippen molar-refractivity contribution in [1.82, 2.24) is 25.7 Å². The van der Waals surface area contributed by atoms with Crippen LogP contribution in [-0.4, -0.2) is 37.4 Å². The Bertz CT molecular complexity index is 1770. The summed E-state index contributed by atoms with van der Waals surface area (Å²) in [4.78, 5) is 24.7. The summed E-state index contributed by atoms with van der Waals surface area (Å²) in [5, 5.41) is 28.9. The molecule has 0 bridgehead atoms. The molecule has 3 N–H and O–H groups in total. The first kappa shape index (κ1) is 27.1. The lowest BCUT2D eigenvalue weighted by Gasteiger charge is -2.28. The molecule has 9 heteroatoms. The van der Waals surface area contributed by atoms with Crippen LogP contribution in [0.15, 0.2) is 71.1 Å². The topological polar surface area (TPSA) is 134 Å². The van der Waals surface area contributed by atoms with Gasteiger partial charge in [-0.2, -0.15) is 5.10 Å². The number of H-pyrrole nitrogens is 1. The number of nitrogens with one attached hydrogen (secondary N) is 2. The standard InChI is InChI=1S/C33H31N5O4/c1-18(2)23-5-4-6-24-25(23)17-27(34-31(24)39)30-29(20-11-13-22(14-12-20)33(40)41)26(35-37-30)15-16-28-36-38-32(42-28)21-9-7-19(3)8-10-21/h4-14,18,27H,15-17H2,1-3H3,(H,34,39)(H,35,37)(H,40,41). The van der Waals surface area contributed by atoms with E-state index in [4.69, 9.17) is 9.52 Å². The Hall–Kier alpha value is -5.05. The molecular formula is C33H31N5O4. The third-order valence-electron chi connectivity index (χ3n) is 7.77. The Labute approximate surface area is 243 Å². The van der Waals surface area contributed by atoms with Gasteiger partial charge in [-0.25, -0.2) is 4.79 Å². The molecule has 0 spiro atoms. The molecule has 5 aromatic rings. The zero-order valence-electron chi connectivity index (χ0n) is 23.6. The Morgan fingerprint density at radius 3 is 2.45 bits per heavy atom. The molecule has 9 nitrogen and oxygen atoms in total. The molecule has 1 aliphatic heterocycles. The number of carbonyl (C=O) groups excluding carboxylic acids is 1. The number of carboxylic acids is 1. The zero-order valence-corrected chi connectivity index (χ0v) is 23.6. The first-order chi connectivity index (χ1) is 20.3. The maximum absolute atomic E-state index is 13.2.